The van der Waals surface area contributed by atoms with Crippen LogP contribution in [0.1, 0.15) is 12.8 Å². The first-order valence-electron chi connectivity index (χ1n) is 4.95. The van der Waals surface area contributed by atoms with Gasteiger partial charge in [0.2, 0.25) is 0 Å². The molecule has 1 N–H and O–H groups in total. The van der Waals surface area contributed by atoms with E-state index in [1.54, 1.807) is 0 Å². The first-order valence-corrected chi connectivity index (χ1v) is 5.82. The van der Waals surface area contributed by atoms with Gasteiger partial charge in [0.1, 0.15) is 6.10 Å². The summed E-state index contributed by atoms with van der Waals surface area (Å²) in [4.78, 5) is 9.93. The summed E-state index contributed by atoms with van der Waals surface area (Å²) < 4.78 is 10.3. The minimum absolute atomic E-state index is 0.318. The lowest BCUT2D eigenvalue weighted by atomic mass is 10.3. The fraction of sp³-hybridized carbons (Fsp3) is 0.889. The van der Waals surface area contributed by atoms with Gasteiger partial charge in [-0.15, -0.1) is 0 Å². The minimum Gasteiger partial charge on any atom is -0.379 e. The highest BCUT2D eigenvalue weighted by atomic mass is 35.5. The molecule has 1 unspecified atom stereocenters. The second kappa shape index (κ2) is 7.28. The molecule has 1 saturated heterocycles. The third kappa shape index (κ3) is 6.95. The molecule has 0 bridgehead atoms. The number of nitrogens with one attached hydrogen (secondary N) is 1. The highest BCUT2D eigenvalue weighted by Crippen LogP contribution is 2.08. The van der Waals surface area contributed by atoms with E-state index in [9.17, 15) is 4.79 Å². The van der Waals surface area contributed by atoms with E-state index < -0.39 is 4.84 Å². The number of alkyl halides is 2. The zero-order chi connectivity index (χ0) is 11.1. The number of rotatable bonds is 8. The molecule has 1 atom stereocenters. The lowest BCUT2D eigenvalue weighted by molar-refractivity contribution is -0.119. The Morgan fingerprint density at radius 3 is 2.87 bits per heavy atom. The van der Waals surface area contributed by atoms with Crippen LogP contribution in [0.5, 0.6) is 0 Å². The number of carbonyl (C=O) groups excluding carboxylic acids is 1. The van der Waals surface area contributed by atoms with Crippen molar-refractivity contribution < 1.29 is 14.3 Å². The predicted molar refractivity (Wildman–Crippen MR) is 58.3 cm³/mol. The Balaban J connectivity index is 1.77. The van der Waals surface area contributed by atoms with Crippen molar-refractivity contribution in [3.8, 4) is 0 Å². The summed E-state index contributed by atoms with van der Waals surface area (Å²) in [5.41, 5.74) is 0. The molecule has 0 aliphatic carbocycles. The summed E-state index contributed by atoms with van der Waals surface area (Å²) in [5.74, 6) is -0.342. The Hall–Kier alpha value is -0.0300. The number of carbonyl (C=O) groups is 1. The maximum atomic E-state index is 10.9. The number of unbranched alkanes of at least 4 members (excludes halogenated alkanes) is 1. The largest absolute Gasteiger partial charge is 0.379 e. The van der Waals surface area contributed by atoms with Gasteiger partial charge in [0.15, 0.2) is 4.84 Å². The van der Waals surface area contributed by atoms with Crippen LogP contribution in [-0.2, 0) is 14.3 Å². The Morgan fingerprint density at radius 1 is 1.53 bits per heavy atom. The van der Waals surface area contributed by atoms with Gasteiger partial charge < -0.3 is 14.8 Å². The molecule has 6 heteroatoms. The van der Waals surface area contributed by atoms with E-state index in [-0.39, 0.29) is 5.91 Å². The molecule has 0 spiro atoms. The second-order valence-electron chi connectivity index (χ2n) is 3.33. The molecule has 1 aliphatic rings. The molecule has 0 saturated carbocycles. The Labute approximate surface area is 99.2 Å². The molecular formula is C9H15Cl2NO3. The molecule has 1 heterocycles. The first kappa shape index (κ1) is 13.0. The highest BCUT2D eigenvalue weighted by Gasteiger charge is 2.21. The highest BCUT2D eigenvalue weighted by molar-refractivity contribution is 6.53. The first-order chi connectivity index (χ1) is 7.20. The number of epoxide rings is 1. The maximum absolute atomic E-state index is 10.9. The van der Waals surface area contributed by atoms with Gasteiger partial charge in [-0.05, 0) is 12.8 Å². The van der Waals surface area contributed by atoms with E-state index in [0.29, 0.717) is 25.9 Å². The number of hydrogen-bond acceptors (Lipinski definition) is 3. The quantitative estimate of drug-likeness (QED) is 0.402. The van der Waals surface area contributed by atoms with Crippen molar-refractivity contribution in [2.45, 2.75) is 23.8 Å². The lowest BCUT2D eigenvalue weighted by Crippen LogP contribution is -2.29. The average molecular weight is 256 g/mol. The van der Waals surface area contributed by atoms with Crippen LogP contribution in [0.25, 0.3) is 0 Å². The molecule has 0 aromatic carbocycles. The van der Waals surface area contributed by atoms with Crippen LogP contribution in [0.4, 0.5) is 0 Å². The second-order valence-corrected chi connectivity index (χ2v) is 4.43. The fourth-order valence-corrected chi connectivity index (χ4v) is 1.15. The van der Waals surface area contributed by atoms with Gasteiger partial charge in [0, 0.05) is 13.2 Å². The van der Waals surface area contributed by atoms with Crippen LogP contribution in [0.3, 0.4) is 0 Å². The molecule has 1 rings (SSSR count). The van der Waals surface area contributed by atoms with E-state index in [0.717, 1.165) is 19.4 Å². The van der Waals surface area contributed by atoms with Crippen LogP contribution in [0, 0.1) is 0 Å². The average Bonchev–Trinajstić information content (AvgIpc) is 2.99. The molecular weight excluding hydrogens is 241 g/mol. The number of halogens is 2. The summed E-state index contributed by atoms with van der Waals surface area (Å²) in [7, 11) is 0. The van der Waals surface area contributed by atoms with E-state index in [4.69, 9.17) is 32.7 Å². The van der Waals surface area contributed by atoms with Crippen LogP contribution in [0.15, 0.2) is 0 Å². The Morgan fingerprint density at radius 2 is 2.27 bits per heavy atom. The molecule has 0 radical (unpaired) electrons. The van der Waals surface area contributed by atoms with E-state index >= 15 is 0 Å². The number of amides is 1. The smallest absolute Gasteiger partial charge is 0.253 e. The van der Waals surface area contributed by atoms with Gasteiger partial charge >= 0.3 is 0 Å². The maximum Gasteiger partial charge on any atom is 0.253 e. The zero-order valence-corrected chi connectivity index (χ0v) is 9.89. The molecule has 1 fully saturated rings. The summed E-state index contributed by atoms with van der Waals surface area (Å²) in [6.45, 7) is 2.78. The SMILES string of the molecule is O=C(NCCCCOCC1CO1)C(Cl)Cl. The van der Waals surface area contributed by atoms with Crippen LogP contribution in [0.2, 0.25) is 0 Å². The summed E-state index contributed by atoms with van der Waals surface area (Å²) >= 11 is 10.7. The number of hydrogen-bond donors (Lipinski definition) is 1. The third-order valence-corrected chi connectivity index (χ3v) is 2.32. The topological polar surface area (TPSA) is 50.9 Å². The van der Waals surface area contributed by atoms with Gasteiger partial charge in [0.05, 0.1) is 13.2 Å². The standard InChI is InChI=1S/C9H15Cl2NO3/c10-8(11)9(13)12-3-1-2-4-14-5-7-6-15-7/h7-8H,1-6H2,(H,12,13). The summed E-state index contributed by atoms with van der Waals surface area (Å²) in [6.07, 6.45) is 2.08. The summed E-state index contributed by atoms with van der Waals surface area (Å²) in [5, 5.41) is 2.61. The minimum atomic E-state index is -0.978. The lowest BCUT2D eigenvalue weighted by Gasteiger charge is -2.05. The molecule has 1 amide bonds. The van der Waals surface area contributed by atoms with Gasteiger partial charge in [-0.25, -0.2) is 0 Å². The van der Waals surface area contributed by atoms with Crippen molar-refractivity contribution in [3.63, 3.8) is 0 Å². The molecule has 0 aromatic rings. The van der Waals surface area contributed by atoms with Crippen LogP contribution in [-0.4, -0.2) is 43.2 Å². The Bertz CT molecular complexity index is 198. The van der Waals surface area contributed by atoms with Crippen molar-refractivity contribution in [1.82, 2.24) is 5.32 Å². The molecule has 15 heavy (non-hydrogen) atoms. The zero-order valence-electron chi connectivity index (χ0n) is 8.38. The van der Waals surface area contributed by atoms with Gasteiger partial charge in [-0.1, -0.05) is 23.2 Å². The predicted octanol–water partition coefficient (Wildman–Crippen LogP) is 1.10. The van der Waals surface area contributed by atoms with Crippen LogP contribution < -0.4 is 5.32 Å². The van der Waals surface area contributed by atoms with Crippen molar-refractivity contribution in [3.05, 3.63) is 0 Å². The van der Waals surface area contributed by atoms with E-state index in [1.807, 2.05) is 0 Å². The molecule has 0 aromatic heterocycles. The van der Waals surface area contributed by atoms with Gasteiger partial charge in [-0.2, -0.15) is 0 Å². The third-order valence-electron chi connectivity index (χ3n) is 1.92. The van der Waals surface area contributed by atoms with Crippen LogP contribution >= 0.6 is 23.2 Å². The number of ether oxygens (including phenoxy) is 2. The molecule has 4 nitrogen and oxygen atoms in total. The van der Waals surface area contributed by atoms with E-state index in [1.165, 1.54) is 0 Å². The van der Waals surface area contributed by atoms with Gasteiger partial charge in [-0.3, -0.25) is 4.79 Å². The van der Waals surface area contributed by atoms with Gasteiger partial charge in [0.25, 0.3) is 5.91 Å². The van der Waals surface area contributed by atoms with Crippen molar-refractivity contribution >= 4 is 29.1 Å². The molecule has 1 aliphatic heterocycles. The monoisotopic (exact) mass is 255 g/mol. The van der Waals surface area contributed by atoms with Crippen molar-refractivity contribution in [2.75, 3.05) is 26.4 Å². The van der Waals surface area contributed by atoms with Crippen molar-refractivity contribution in [1.29, 1.82) is 0 Å². The molecule has 88 valence electrons. The fourth-order valence-electron chi connectivity index (χ4n) is 0.997. The van der Waals surface area contributed by atoms with E-state index in [2.05, 4.69) is 5.32 Å². The van der Waals surface area contributed by atoms with Crippen molar-refractivity contribution in [2.24, 2.45) is 0 Å². The summed E-state index contributed by atoms with van der Waals surface area (Å²) in [6, 6.07) is 0. The normalized spacial score (nSPS) is 19.3. The Kier molecular flexibility index (Phi) is 6.32.